The van der Waals surface area contributed by atoms with E-state index in [1.54, 1.807) is 54.7 Å². The second-order valence-corrected chi connectivity index (χ2v) is 15.6. The van der Waals surface area contributed by atoms with Crippen LogP contribution in [0.3, 0.4) is 0 Å². The fourth-order valence-corrected chi connectivity index (χ4v) is 7.03. The number of alkyl halides is 1. The Balaban J connectivity index is 0.000000221. The molecule has 1 aliphatic rings. The summed E-state index contributed by atoms with van der Waals surface area (Å²) < 4.78 is 11.5. The van der Waals surface area contributed by atoms with Gasteiger partial charge in [0.2, 0.25) is 11.8 Å². The number of thioether (sulfide) groups is 1. The van der Waals surface area contributed by atoms with E-state index in [0.29, 0.717) is 66.0 Å². The van der Waals surface area contributed by atoms with Gasteiger partial charge in [-0.1, -0.05) is 70.7 Å². The molecular formula is C42H35Cl6N5O4S. The molecule has 9 nitrogen and oxygen atoms in total. The first kappa shape index (κ1) is 44.9. The van der Waals surface area contributed by atoms with Crippen LogP contribution >= 0.6 is 82.2 Å². The van der Waals surface area contributed by atoms with Gasteiger partial charge in [-0.3, -0.25) is 14.5 Å². The number of rotatable bonds is 11. The molecule has 2 aromatic heterocycles. The zero-order valence-corrected chi connectivity index (χ0v) is 35.9. The molecule has 6 aromatic rings. The van der Waals surface area contributed by atoms with Crippen molar-refractivity contribution < 1.29 is 19.1 Å². The Morgan fingerprint density at radius 3 is 1.45 bits per heavy atom. The number of aromatic nitrogens is 2. The predicted octanol–water partition coefficient (Wildman–Crippen LogP) is 12.6. The van der Waals surface area contributed by atoms with Crippen molar-refractivity contribution >= 4 is 105 Å². The summed E-state index contributed by atoms with van der Waals surface area (Å²) in [7, 11) is 0. The number of hydrogen-bond donors (Lipinski definition) is 2. The summed E-state index contributed by atoms with van der Waals surface area (Å²) in [6, 6.07) is 31.7. The van der Waals surface area contributed by atoms with Crippen molar-refractivity contribution in [1.82, 2.24) is 14.9 Å². The number of halogens is 6. The molecule has 0 unspecified atom stereocenters. The van der Waals surface area contributed by atoms with Crippen molar-refractivity contribution in [2.24, 2.45) is 0 Å². The van der Waals surface area contributed by atoms with Gasteiger partial charge >= 0.3 is 0 Å². The van der Waals surface area contributed by atoms with Crippen molar-refractivity contribution in [2.45, 2.75) is 12.4 Å². The molecule has 1 aliphatic heterocycles. The monoisotopic (exact) mass is 915 g/mol. The second kappa shape index (κ2) is 22.2. The van der Waals surface area contributed by atoms with Crippen LogP contribution in [0.2, 0.25) is 20.1 Å². The molecule has 16 heteroatoms. The third-order valence-electron chi connectivity index (χ3n) is 8.31. The Hall–Kier alpha value is -4.23. The largest absolute Gasteiger partial charge is 0.439 e. The maximum atomic E-state index is 12.4. The summed E-state index contributed by atoms with van der Waals surface area (Å²) in [5, 5.41) is 6.96. The van der Waals surface area contributed by atoms with Crippen molar-refractivity contribution in [3.63, 3.8) is 0 Å². The van der Waals surface area contributed by atoms with Crippen LogP contribution < -0.4 is 20.1 Å². The van der Waals surface area contributed by atoms with E-state index in [0.717, 1.165) is 30.9 Å². The number of anilines is 2. The number of benzene rings is 4. The van der Waals surface area contributed by atoms with Crippen LogP contribution in [0, 0.1) is 0 Å². The van der Waals surface area contributed by atoms with Crippen LogP contribution in [0.4, 0.5) is 11.4 Å². The Kier molecular flexibility index (Phi) is 17.2. The summed E-state index contributed by atoms with van der Waals surface area (Å²) in [5.41, 5.74) is 4.18. The highest BCUT2D eigenvalue weighted by atomic mass is 35.5. The van der Waals surface area contributed by atoms with Gasteiger partial charge in [0.15, 0.2) is 0 Å². The molecule has 58 heavy (non-hydrogen) atoms. The smallest absolute Gasteiger partial charge is 0.255 e. The molecule has 2 amide bonds. The molecule has 0 atom stereocenters. The number of amides is 2. The van der Waals surface area contributed by atoms with E-state index >= 15 is 0 Å². The van der Waals surface area contributed by atoms with Gasteiger partial charge in [-0.05, 0) is 83.9 Å². The molecule has 0 aliphatic carbocycles. The number of nitrogens with zero attached hydrogens (tertiary/aromatic N) is 3. The van der Waals surface area contributed by atoms with Crippen LogP contribution in [0.15, 0.2) is 122 Å². The van der Waals surface area contributed by atoms with Gasteiger partial charge in [0, 0.05) is 60.3 Å². The minimum absolute atomic E-state index is 0. The van der Waals surface area contributed by atoms with Crippen molar-refractivity contribution in [3.05, 3.63) is 164 Å². The highest BCUT2D eigenvalue weighted by Gasteiger charge is 2.13. The highest BCUT2D eigenvalue weighted by molar-refractivity contribution is 7.99. The lowest BCUT2D eigenvalue weighted by atomic mass is 10.2. The first-order valence-electron chi connectivity index (χ1n) is 17.5. The van der Waals surface area contributed by atoms with Crippen LogP contribution in [0.25, 0.3) is 0 Å². The molecule has 300 valence electrons. The molecule has 0 saturated carbocycles. The van der Waals surface area contributed by atoms with E-state index in [2.05, 4.69) is 37.6 Å². The molecule has 7 rings (SSSR count). The minimum Gasteiger partial charge on any atom is -0.439 e. The average molecular weight is 919 g/mol. The van der Waals surface area contributed by atoms with Crippen LogP contribution in [0.1, 0.15) is 31.8 Å². The SMILES string of the molecule is Cl.O=C(Nc1ccc(Oc2ccc(CCl)cc2)nc1)c1ccc(Cl)c(Cl)c1.O=C(Nc1ccc(Oc2ccc(CN3CCSCC3)cc2)nc1)c1ccc(Cl)c(Cl)c1. The van der Waals surface area contributed by atoms with Gasteiger partial charge in [-0.2, -0.15) is 11.8 Å². The summed E-state index contributed by atoms with van der Waals surface area (Å²) in [6.45, 7) is 3.24. The average Bonchev–Trinajstić information content (AvgIpc) is 3.23. The number of carbonyl (C=O) groups is 2. The predicted molar refractivity (Wildman–Crippen MR) is 240 cm³/mol. The normalized spacial score (nSPS) is 12.3. The van der Waals surface area contributed by atoms with E-state index in [4.69, 9.17) is 67.5 Å². The van der Waals surface area contributed by atoms with E-state index < -0.39 is 0 Å². The lowest BCUT2D eigenvalue weighted by Gasteiger charge is -2.26. The van der Waals surface area contributed by atoms with E-state index in [1.165, 1.54) is 35.4 Å². The molecule has 1 saturated heterocycles. The quantitative estimate of drug-likeness (QED) is 0.124. The molecule has 2 N–H and O–H groups in total. The molecular weight excluding hydrogens is 883 g/mol. The first-order chi connectivity index (χ1) is 27.6. The Morgan fingerprint density at radius 2 is 1.05 bits per heavy atom. The Bertz CT molecular complexity index is 2280. The maximum absolute atomic E-state index is 12.4. The van der Waals surface area contributed by atoms with Crippen LogP contribution in [-0.4, -0.2) is 51.3 Å². The summed E-state index contributed by atoms with van der Waals surface area (Å²) in [4.78, 5) is 35.5. The van der Waals surface area contributed by atoms with E-state index in [9.17, 15) is 9.59 Å². The number of pyridine rings is 2. The molecule has 1 fully saturated rings. The molecule has 0 spiro atoms. The molecule has 3 heterocycles. The zero-order chi connectivity index (χ0) is 40.1. The third-order valence-corrected chi connectivity index (χ3v) is 11.0. The fourth-order valence-electron chi connectivity index (χ4n) is 5.28. The first-order valence-corrected chi connectivity index (χ1v) is 20.7. The Labute approximate surface area is 371 Å². The lowest BCUT2D eigenvalue weighted by molar-refractivity contribution is 0.101. The summed E-state index contributed by atoms with van der Waals surface area (Å²) in [5.74, 6) is 4.49. The van der Waals surface area contributed by atoms with Gasteiger partial charge < -0.3 is 20.1 Å². The van der Waals surface area contributed by atoms with Gasteiger partial charge in [0.25, 0.3) is 11.8 Å². The van der Waals surface area contributed by atoms with Crippen molar-refractivity contribution in [2.75, 3.05) is 35.2 Å². The molecule has 0 radical (unpaired) electrons. The molecule has 0 bridgehead atoms. The lowest BCUT2D eigenvalue weighted by Crippen LogP contribution is -2.31. The van der Waals surface area contributed by atoms with Gasteiger partial charge in [-0.15, -0.1) is 24.0 Å². The zero-order valence-electron chi connectivity index (χ0n) is 30.5. The van der Waals surface area contributed by atoms with Crippen molar-refractivity contribution in [1.29, 1.82) is 0 Å². The summed E-state index contributed by atoms with van der Waals surface area (Å²) >= 11 is 31.4. The van der Waals surface area contributed by atoms with E-state index in [1.807, 2.05) is 48.2 Å². The standard InChI is InChI=1S/C23H21Cl2N3O2S.C19H13Cl3N2O2.ClH/c24-20-7-3-17(13-21(20)25)23(29)27-18-4-8-22(26-14-18)30-19-5-1-16(2-6-19)15-28-9-11-31-12-10-28;20-10-12-1-5-15(6-2-12)26-18-8-4-14(11-23-18)24-19(25)13-3-7-16(21)17(22)9-13;/h1-8,13-14H,9-12,15H2,(H,27,29);1-9,11H,10H2,(H,24,25);1H. The van der Waals surface area contributed by atoms with Gasteiger partial charge in [-0.25, -0.2) is 9.97 Å². The molecule has 4 aromatic carbocycles. The summed E-state index contributed by atoms with van der Waals surface area (Å²) in [6.07, 6.45) is 3.06. The fraction of sp³-hybridized carbons (Fsp3) is 0.143. The number of nitrogens with one attached hydrogen (secondary N) is 2. The van der Waals surface area contributed by atoms with Crippen LogP contribution in [0.5, 0.6) is 23.3 Å². The van der Waals surface area contributed by atoms with E-state index in [-0.39, 0.29) is 24.2 Å². The number of hydrogen-bond acceptors (Lipinski definition) is 8. The topological polar surface area (TPSA) is 106 Å². The third kappa shape index (κ3) is 13.4. The second-order valence-electron chi connectivity index (χ2n) is 12.5. The number of ether oxygens (including phenoxy) is 2. The van der Waals surface area contributed by atoms with Gasteiger partial charge in [0.1, 0.15) is 11.5 Å². The van der Waals surface area contributed by atoms with Crippen molar-refractivity contribution in [3.8, 4) is 23.3 Å². The van der Waals surface area contributed by atoms with Crippen LogP contribution in [-0.2, 0) is 12.4 Å². The Morgan fingerprint density at radius 1 is 0.603 bits per heavy atom. The van der Waals surface area contributed by atoms with Gasteiger partial charge in [0.05, 0.1) is 43.9 Å². The maximum Gasteiger partial charge on any atom is 0.255 e. The minimum atomic E-state index is -0.310. The highest BCUT2D eigenvalue weighted by Crippen LogP contribution is 2.27. The number of carbonyl (C=O) groups excluding carboxylic acids is 2.